The molecule has 1 N–H and O–H groups in total. The fourth-order valence-corrected chi connectivity index (χ4v) is 2.30. The first-order valence-electron chi connectivity index (χ1n) is 7.48. The molecule has 0 fully saturated rings. The number of allylic oxidation sites excluding steroid dienone is 2. The lowest BCUT2D eigenvalue weighted by atomic mass is 9.99. The zero-order valence-corrected chi connectivity index (χ0v) is 14.1. The molecule has 3 heteroatoms. The molecule has 0 aromatic carbocycles. The summed E-state index contributed by atoms with van der Waals surface area (Å²) in [6, 6.07) is 2.51. The summed E-state index contributed by atoms with van der Waals surface area (Å²) in [5.74, 6) is 0.859. The van der Waals surface area contributed by atoms with Crippen LogP contribution in [0.3, 0.4) is 0 Å². The van der Waals surface area contributed by atoms with E-state index in [1.165, 1.54) is 0 Å². The zero-order valence-electron chi connectivity index (χ0n) is 14.1. The zero-order chi connectivity index (χ0) is 15.9. The first kappa shape index (κ1) is 17.4. The van der Waals surface area contributed by atoms with E-state index in [9.17, 15) is 0 Å². The second-order valence-corrected chi connectivity index (χ2v) is 6.10. The predicted molar refractivity (Wildman–Crippen MR) is 90.1 cm³/mol. The average molecular weight is 288 g/mol. The molecule has 1 heterocycles. The van der Waals surface area contributed by atoms with Crippen molar-refractivity contribution in [1.82, 2.24) is 10.3 Å². The second kappa shape index (κ2) is 7.99. The predicted octanol–water partition coefficient (Wildman–Crippen LogP) is 4.10. The Morgan fingerprint density at radius 3 is 2.71 bits per heavy atom. The molecule has 1 rings (SSSR count). The van der Waals surface area contributed by atoms with Gasteiger partial charge in [-0.2, -0.15) is 0 Å². The summed E-state index contributed by atoms with van der Waals surface area (Å²) in [7, 11) is 1.97. The minimum atomic E-state index is -0.231. The molecule has 0 saturated heterocycles. The van der Waals surface area contributed by atoms with E-state index in [0.717, 1.165) is 23.3 Å². The van der Waals surface area contributed by atoms with Crippen molar-refractivity contribution in [3.05, 3.63) is 47.5 Å². The Bertz CT molecular complexity index is 504. The van der Waals surface area contributed by atoms with Gasteiger partial charge in [-0.05, 0) is 71.0 Å². The van der Waals surface area contributed by atoms with Crippen molar-refractivity contribution in [2.75, 3.05) is 7.05 Å². The molecule has 0 spiro atoms. The highest BCUT2D eigenvalue weighted by Crippen LogP contribution is 2.23. The van der Waals surface area contributed by atoms with Crippen LogP contribution in [-0.4, -0.2) is 23.7 Å². The van der Waals surface area contributed by atoms with Crippen LogP contribution in [0.5, 0.6) is 0 Å². The van der Waals surface area contributed by atoms with Crippen molar-refractivity contribution < 1.29 is 4.74 Å². The molecule has 0 radical (unpaired) electrons. The van der Waals surface area contributed by atoms with Crippen molar-refractivity contribution in [3.63, 3.8) is 0 Å². The average Bonchev–Trinajstić information content (AvgIpc) is 2.37. The van der Waals surface area contributed by atoms with Gasteiger partial charge in [0.05, 0.1) is 0 Å². The number of aryl methyl sites for hydroxylation is 1. The van der Waals surface area contributed by atoms with Gasteiger partial charge >= 0.3 is 0 Å². The number of pyridine rings is 1. The summed E-state index contributed by atoms with van der Waals surface area (Å²) in [4.78, 5) is 4.22. The highest BCUT2D eigenvalue weighted by molar-refractivity contribution is 5.53. The molecular formula is C18H28N2O. The number of aromatic nitrogens is 1. The van der Waals surface area contributed by atoms with Gasteiger partial charge in [-0.25, -0.2) is 0 Å². The number of nitrogens with one attached hydrogen (secondary N) is 1. The molecule has 0 aliphatic heterocycles. The number of hydrogen-bond acceptors (Lipinski definition) is 3. The summed E-state index contributed by atoms with van der Waals surface area (Å²) in [5, 5.41) is 3.26. The Morgan fingerprint density at radius 2 is 2.14 bits per heavy atom. The van der Waals surface area contributed by atoms with Crippen molar-refractivity contribution in [1.29, 1.82) is 0 Å². The van der Waals surface area contributed by atoms with Gasteiger partial charge in [0.2, 0.25) is 0 Å². The summed E-state index contributed by atoms with van der Waals surface area (Å²) >= 11 is 0. The Morgan fingerprint density at radius 1 is 1.43 bits per heavy atom. The van der Waals surface area contributed by atoms with Crippen molar-refractivity contribution in [3.8, 4) is 0 Å². The van der Waals surface area contributed by atoms with E-state index in [1.54, 1.807) is 0 Å². The molecule has 0 bridgehead atoms. The van der Waals surface area contributed by atoms with Gasteiger partial charge in [0.25, 0.3) is 0 Å². The molecule has 1 atom stereocenters. The standard InChI is InChI=1S/C18H28N2O/c1-7-8-17(10-16-9-14(2)12-20-13-16)21-18(4,5)11-15(3)19-6/h7-10,12-13,15,19H,11H2,1-6H3/b8-7-,17-10+. The quantitative estimate of drug-likeness (QED) is 0.606. The van der Waals surface area contributed by atoms with Crippen LogP contribution < -0.4 is 5.32 Å². The fraction of sp³-hybridized carbons (Fsp3) is 0.500. The van der Waals surface area contributed by atoms with Gasteiger partial charge in [-0.3, -0.25) is 4.98 Å². The Hall–Kier alpha value is -1.61. The molecule has 0 aliphatic carbocycles. The third-order valence-electron chi connectivity index (χ3n) is 3.22. The van der Waals surface area contributed by atoms with Gasteiger partial charge < -0.3 is 10.1 Å². The van der Waals surface area contributed by atoms with Gasteiger partial charge in [0, 0.05) is 24.9 Å². The van der Waals surface area contributed by atoms with Crippen LogP contribution in [0.4, 0.5) is 0 Å². The molecule has 0 aliphatic rings. The van der Waals surface area contributed by atoms with Crippen molar-refractivity contribution in [2.24, 2.45) is 0 Å². The first-order valence-corrected chi connectivity index (χ1v) is 7.48. The molecule has 0 saturated carbocycles. The van der Waals surface area contributed by atoms with Gasteiger partial charge in [0.15, 0.2) is 0 Å². The minimum absolute atomic E-state index is 0.231. The highest BCUT2D eigenvalue weighted by atomic mass is 16.5. The van der Waals surface area contributed by atoms with Crippen LogP contribution in [0.2, 0.25) is 0 Å². The van der Waals surface area contributed by atoms with E-state index in [0.29, 0.717) is 6.04 Å². The highest BCUT2D eigenvalue weighted by Gasteiger charge is 2.22. The topological polar surface area (TPSA) is 34.1 Å². The number of nitrogens with zero attached hydrogens (tertiary/aromatic N) is 1. The smallest absolute Gasteiger partial charge is 0.120 e. The van der Waals surface area contributed by atoms with Crippen LogP contribution in [0.25, 0.3) is 6.08 Å². The fourth-order valence-electron chi connectivity index (χ4n) is 2.30. The monoisotopic (exact) mass is 288 g/mol. The molecule has 0 amide bonds. The maximum atomic E-state index is 6.20. The van der Waals surface area contributed by atoms with E-state index in [2.05, 4.69) is 37.1 Å². The number of rotatable bonds is 7. The number of hydrogen-bond donors (Lipinski definition) is 1. The van der Waals surface area contributed by atoms with E-state index in [1.807, 2.05) is 51.5 Å². The summed E-state index contributed by atoms with van der Waals surface area (Å²) in [5.41, 5.74) is 1.97. The first-order chi connectivity index (χ1) is 9.86. The SMILES string of the molecule is C/C=C\C(=C/c1cncc(C)c1)OC(C)(C)CC(C)NC. The molecule has 3 nitrogen and oxygen atoms in total. The summed E-state index contributed by atoms with van der Waals surface area (Å²) in [6.45, 7) is 10.4. The summed E-state index contributed by atoms with van der Waals surface area (Å²) < 4.78 is 6.20. The lowest BCUT2D eigenvalue weighted by molar-refractivity contribution is 0.0290. The van der Waals surface area contributed by atoms with E-state index >= 15 is 0 Å². The van der Waals surface area contributed by atoms with Crippen LogP contribution in [-0.2, 0) is 4.74 Å². The molecule has 1 aromatic heterocycles. The Kier molecular flexibility index (Phi) is 6.63. The lowest BCUT2D eigenvalue weighted by Gasteiger charge is -2.30. The van der Waals surface area contributed by atoms with Gasteiger partial charge in [0.1, 0.15) is 11.4 Å². The van der Waals surface area contributed by atoms with Crippen LogP contribution >= 0.6 is 0 Å². The van der Waals surface area contributed by atoms with Crippen LogP contribution in [0.1, 0.15) is 45.2 Å². The molecular weight excluding hydrogens is 260 g/mol. The Balaban J connectivity index is 2.92. The molecule has 116 valence electrons. The third kappa shape index (κ3) is 6.58. The normalized spacial score (nSPS) is 14.5. The van der Waals surface area contributed by atoms with Crippen molar-refractivity contribution in [2.45, 2.75) is 52.7 Å². The molecule has 1 unspecified atom stereocenters. The maximum absolute atomic E-state index is 6.20. The van der Waals surface area contributed by atoms with Gasteiger partial charge in [-0.15, -0.1) is 0 Å². The largest absolute Gasteiger partial charge is 0.488 e. The van der Waals surface area contributed by atoms with Crippen molar-refractivity contribution >= 4 is 6.08 Å². The summed E-state index contributed by atoms with van der Waals surface area (Å²) in [6.07, 6.45) is 10.7. The van der Waals surface area contributed by atoms with E-state index < -0.39 is 0 Å². The lowest BCUT2D eigenvalue weighted by Crippen LogP contribution is -2.34. The molecule has 1 aromatic rings. The Labute approximate surface area is 129 Å². The molecule has 21 heavy (non-hydrogen) atoms. The van der Waals surface area contributed by atoms with E-state index in [-0.39, 0.29) is 5.60 Å². The maximum Gasteiger partial charge on any atom is 0.120 e. The van der Waals surface area contributed by atoms with Crippen LogP contribution in [0, 0.1) is 6.92 Å². The van der Waals surface area contributed by atoms with Gasteiger partial charge in [-0.1, -0.05) is 6.08 Å². The second-order valence-electron chi connectivity index (χ2n) is 6.10. The van der Waals surface area contributed by atoms with E-state index in [4.69, 9.17) is 4.74 Å². The minimum Gasteiger partial charge on any atom is -0.488 e. The van der Waals surface area contributed by atoms with Crippen LogP contribution in [0.15, 0.2) is 36.4 Å². The third-order valence-corrected chi connectivity index (χ3v) is 3.22. The number of ether oxygens (including phenoxy) is 1.